The predicted octanol–water partition coefficient (Wildman–Crippen LogP) is 4.19. The first-order valence-electron chi connectivity index (χ1n) is 10.5. The lowest BCUT2D eigenvalue weighted by molar-refractivity contribution is -0.124. The van der Waals surface area contributed by atoms with Crippen LogP contribution in [0.25, 0.3) is 0 Å². The second-order valence-electron chi connectivity index (χ2n) is 8.03. The van der Waals surface area contributed by atoms with Crippen molar-refractivity contribution in [2.24, 2.45) is 0 Å². The molecule has 5 rings (SSSR count). The van der Waals surface area contributed by atoms with Crippen LogP contribution in [0.15, 0.2) is 66.7 Å². The van der Waals surface area contributed by atoms with Crippen molar-refractivity contribution in [2.45, 2.75) is 11.8 Å². The molecule has 0 bridgehead atoms. The van der Waals surface area contributed by atoms with E-state index < -0.39 is 34.2 Å². The van der Waals surface area contributed by atoms with Crippen molar-refractivity contribution in [2.75, 3.05) is 27.4 Å². The lowest BCUT2D eigenvalue weighted by atomic mass is 10.0. The Bertz CT molecular complexity index is 1350. The summed E-state index contributed by atoms with van der Waals surface area (Å²) in [5.74, 6) is -3.50. The monoisotopic (exact) mass is 479 g/mol. The zero-order chi connectivity index (χ0) is 24.0. The topological polar surface area (TPSA) is 69.7 Å². The number of halogens is 2. The highest BCUT2D eigenvalue weighted by Gasteiger charge is 2.61. The van der Waals surface area contributed by atoms with E-state index in [1.165, 1.54) is 15.9 Å². The van der Waals surface area contributed by atoms with Crippen molar-refractivity contribution in [3.63, 3.8) is 0 Å². The Kier molecular flexibility index (Phi) is 5.36. The van der Waals surface area contributed by atoms with E-state index in [0.717, 1.165) is 29.5 Å². The number of aryl methyl sites for hydroxylation is 1. The minimum atomic E-state index is -1.51. The molecule has 3 aromatic carbocycles. The van der Waals surface area contributed by atoms with E-state index in [9.17, 15) is 23.2 Å². The highest BCUT2D eigenvalue weighted by molar-refractivity contribution is 8.02. The Hall–Kier alpha value is -3.72. The summed E-state index contributed by atoms with van der Waals surface area (Å²) in [5.41, 5.74) is 2.59. The van der Waals surface area contributed by atoms with Gasteiger partial charge in [0.25, 0.3) is 5.91 Å². The van der Waals surface area contributed by atoms with Crippen LogP contribution in [0.4, 0.5) is 25.8 Å². The van der Waals surface area contributed by atoms with E-state index >= 15 is 0 Å². The van der Waals surface area contributed by atoms with Gasteiger partial charge in [0, 0.05) is 23.0 Å². The molecule has 0 radical (unpaired) electrons. The van der Waals surface area contributed by atoms with Gasteiger partial charge in [-0.15, -0.1) is 11.8 Å². The molecule has 9 heteroatoms. The zero-order valence-electron chi connectivity index (χ0n) is 18.0. The Labute approximate surface area is 198 Å². The van der Waals surface area contributed by atoms with Gasteiger partial charge in [0.15, 0.2) is 11.6 Å². The number of benzene rings is 3. The maximum absolute atomic E-state index is 14.0. The molecule has 1 spiro atoms. The number of nitrogens with one attached hydrogen (secondary N) is 1. The zero-order valence-corrected chi connectivity index (χ0v) is 18.9. The quantitative estimate of drug-likeness (QED) is 0.609. The van der Waals surface area contributed by atoms with Crippen molar-refractivity contribution >= 4 is 46.5 Å². The van der Waals surface area contributed by atoms with Crippen LogP contribution in [0, 0.1) is 18.6 Å². The molecule has 1 saturated heterocycles. The van der Waals surface area contributed by atoms with Crippen LogP contribution in [0.2, 0.25) is 0 Å². The smallest absolute Gasteiger partial charge is 0.269 e. The largest absolute Gasteiger partial charge is 0.324 e. The van der Waals surface area contributed by atoms with Crippen molar-refractivity contribution in [1.29, 1.82) is 0 Å². The number of fused-ring (bicyclic) bond motifs is 2. The van der Waals surface area contributed by atoms with Gasteiger partial charge in [-0.05, 0) is 36.8 Å². The van der Waals surface area contributed by atoms with E-state index in [0.29, 0.717) is 16.9 Å². The van der Waals surface area contributed by atoms with Gasteiger partial charge in [-0.1, -0.05) is 36.4 Å². The number of anilines is 3. The SMILES string of the molecule is Cc1ccccc1NC(=O)CN1C(=O)[C@]2(SCC(=O)N2c2ccc(F)c(F)c2)c2ccccc21. The average molecular weight is 480 g/mol. The average Bonchev–Trinajstić information content (AvgIpc) is 3.28. The number of nitrogens with zero attached hydrogens (tertiary/aromatic N) is 2. The molecule has 3 amide bonds. The molecule has 6 nitrogen and oxygen atoms in total. The van der Waals surface area contributed by atoms with Gasteiger partial charge in [0.1, 0.15) is 6.54 Å². The number of amides is 3. The summed E-state index contributed by atoms with van der Waals surface area (Å²) in [6.07, 6.45) is 0. The molecule has 34 heavy (non-hydrogen) atoms. The third-order valence-electron chi connectivity index (χ3n) is 5.95. The lowest BCUT2D eigenvalue weighted by Gasteiger charge is -2.33. The lowest BCUT2D eigenvalue weighted by Crippen LogP contribution is -2.51. The molecule has 0 saturated carbocycles. The summed E-state index contributed by atoms with van der Waals surface area (Å²) < 4.78 is 27.6. The van der Waals surface area contributed by atoms with Crippen LogP contribution in [-0.2, 0) is 19.3 Å². The Morgan fingerprint density at radius 1 is 1.03 bits per heavy atom. The maximum atomic E-state index is 14.0. The van der Waals surface area contributed by atoms with Crippen LogP contribution in [0.3, 0.4) is 0 Å². The van der Waals surface area contributed by atoms with E-state index in [1.807, 2.05) is 19.1 Å². The fraction of sp³-hybridized carbons (Fsp3) is 0.160. The third kappa shape index (κ3) is 3.35. The summed E-state index contributed by atoms with van der Waals surface area (Å²) in [6.45, 7) is 1.59. The maximum Gasteiger partial charge on any atom is 0.269 e. The molecule has 2 aliphatic heterocycles. The van der Waals surface area contributed by atoms with Gasteiger partial charge in [0.05, 0.1) is 11.4 Å². The number of rotatable bonds is 4. The Morgan fingerprint density at radius 2 is 1.76 bits per heavy atom. The molecular weight excluding hydrogens is 460 g/mol. The highest BCUT2D eigenvalue weighted by atomic mass is 32.2. The molecule has 1 N–H and O–H groups in total. The van der Waals surface area contributed by atoms with E-state index in [4.69, 9.17) is 0 Å². The molecule has 2 aliphatic rings. The number of para-hydroxylation sites is 2. The summed E-state index contributed by atoms with van der Waals surface area (Å²) in [5, 5.41) is 2.82. The molecule has 0 unspecified atom stereocenters. The van der Waals surface area contributed by atoms with Crippen molar-refractivity contribution in [3.8, 4) is 0 Å². The molecule has 3 aromatic rings. The second kappa shape index (κ2) is 8.25. The Balaban J connectivity index is 1.53. The van der Waals surface area contributed by atoms with Gasteiger partial charge in [-0.3, -0.25) is 24.2 Å². The second-order valence-corrected chi connectivity index (χ2v) is 9.20. The van der Waals surface area contributed by atoms with E-state index in [2.05, 4.69) is 5.32 Å². The van der Waals surface area contributed by atoms with Crippen LogP contribution >= 0.6 is 11.8 Å². The van der Waals surface area contributed by atoms with Crippen molar-refractivity contribution in [1.82, 2.24) is 0 Å². The summed E-state index contributed by atoms with van der Waals surface area (Å²) in [6, 6.07) is 17.3. The van der Waals surface area contributed by atoms with E-state index in [-0.39, 0.29) is 18.0 Å². The van der Waals surface area contributed by atoms with Crippen molar-refractivity contribution < 1.29 is 23.2 Å². The Morgan fingerprint density at radius 3 is 2.53 bits per heavy atom. The first kappa shape index (κ1) is 22.1. The predicted molar refractivity (Wildman–Crippen MR) is 127 cm³/mol. The molecule has 172 valence electrons. The molecule has 0 aromatic heterocycles. The van der Waals surface area contributed by atoms with Crippen LogP contribution in [0.1, 0.15) is 11.1 Å². The number of hydrogen-bond acceptors (Lipinski definition) is 4. The molecular formula is C25H19F2N3O3S. The molecule has 0 aliphatic carbocycles. The minimum Gasteiger partial charge on any atom is -0.324 e. The van der Waals surface area contributed by atoms with Gasteiger partial charge >= 0.3 is 0 Å². The fourth-order valence-electron chi connectivity index (χ4n) is 4.38. The fourth-order valence-corrected chi connectivity index (χ4v) is 5.74. The van der Waals surface area contributed by atoms with Crippen LogP contribution in [0.5, 0.6) is 0 Å². The first-order valence-corrected chi connectivity index (χ1v) is 11.5. The summed E-state index contributed by atoms with van der Waals surface area (Å²) in [4.78, 5) is 40.7. The molecule has 1 atom stereocenters. The number of thioether (sulfide) groups is 1. The molecule has 2 heterocycles. The number of hydrogen-bond donors (Lipinski definition) is 1. The highest BCUT2D eigenvalue weighted by Crippen LogP contribution is 2.55. The van der Waals surface area contributed by atoms with E-state index in [1.54, 1.807) is 36.4 Å². The summed E-state index contributed by atoms with van der Waals surface area (Å²) >= 11 is 1.10. The van der Waals surface area contributed by atoms with Gasteiger partial charge in [-0.2, -0.15) is 0 Å². The molecule has 1 fully saturated rings. The van der Waals surface area contributed by atoms with Gasteiger partial charge in [-0.25, -0.2) is 8.78 Å². The van der Waals surface area contributed by atoms with Gasteiger partial charge < -0.3 is 5.32 Å². The van der Waals surface area contributed by atoms with Crippen LogP contribution in [-0.4, -0.2) is 30.0 Å². The minimum absolute atomic E-state index is 0.0255. The number of carbonyl (C=O) groups excluding carboxylic acids is 3. The summed E-state index contributed by atoms with van der Waals surface area (Å²) in [7, 11) is 0. The standard InChI is InChI=1S/C25H19F2N3O3S/c1-15-6-2-4-8-20(15)28-22(31)13-29-21-9-5-3-7-17(21)25(24(29)33)30(23(32)14-34-25)16-10-11-18(26)19(27)12-16/h2-12H,13-14H2,1H3,(H,28,31)/t25-/m1/s1. The van der Waals surface area contributed by atoms with Crippen molar-refractivity contribution in [3.05, 3.63) is 89.5 Å². The normalized spacial score (nSPS) is 19.1. The van der Waals surface area contributed by atoms with Crippen LogP contribution < -0.4 is 15.1 Å². The third-order valence-corrected chi connectivity index (χ3v) is 7.33. The number of carbonyl (C=O) groups is 3. The first-order chi connectivity index (χ1) is 16.3. The van der Waals surface area contributed by atoms with Gasteiger partial charge in [0.2, 0.25) is 16.7 Å².